The zero-order valence-electron chi connectivity index (χ0n) is 13.8. The summed E-state index contributed by atoms with van der Waals surface area (Å²) in [5.74, 6) is 0.838. The van der Waals surface area contributed by atoms with Crippen LogP contribution in [0.25, 0.3) is 0 Å². The monoisotopic (exact) mass is 309 g/mol. The first-order valence-electron chi connectivity index (χ1n) is 8.31. The van der Waals surface area contributed by atoms with Crippen molar-refractivity contribution in [2.45, 2.75) is 39.0 Å². The molecule has 1 N–H and O–H groups in total. The number of unbranched alkanes of at least 4 members (excludes halogenated alkanes) is 1. The number of amides is 1. The molecule has 1 amide bonds. The van der Waals surface area contributed by atoms with Crippen LogP contribution in [0.5, 0.6) is 5.75 Å². The van der Waals surface area contributed by atoms with E-state index < -0.39 is 0 Å². The van der Waals surface area contributed by atoms with Crippen molar-refractivity contribution >= 4 is 11.6 Å². The van der Waals surface area contributed by atoms with Gasteiger partial charge in [0.25, 0.3) is 0 Å². The summed E-state index contributed by atoms with van der Waals surface area (Å²) in [6.45, 7) is 4.93. The maximum Gasteiger partial charge on any atom is 0.232 e. The molecule has 0 aromatic heterocycles. The highest BCUT2D eigenvalue weighted by atomic mass is 16.5. The Balaban J connectivity index is 1.83. The van der Waals surface area contributed by atoms with Crippen LogP contribution in [0, 0.1) is 6.92 Å². The summed E-state index contributed by atoms with van der Waals surface area (Å²) in [5.41, 5.74) is 4.31. The third-order valence-electron chi connectivity index (χ3n) is 4.31. The highest BCUT2D eigenvalue weighted by molar-refractivity contribution is 6.03. The van der Waals surface area contributed by atoms with Crippen LogP contribution in [0.3, 0.4) is 0 Å². The van der Waals surface area contributed by atoms with Crippen molar-refractivity contribution in [1.82, 2.24) is 0 Å². The molecule has 1 atom stereocenters. The third kappa shape index (κ3) is 3.39. The standard InChI is InChI=1S/C20H23NO2/c1-3-4-11-23-19-8-6-5-7-15(19)13-17-16-12-14(2)9-10-18(16)21-20(17)22/h5-10,12,17H,3-4,11,13H2,1-2H3,(H,21,22)/t17-/m1/s1. The van der Waals surface area contributed by atoms with Crippen molar-refractivity contribution < 1.29 is 9.53 Å². The smallest absolute Gasteiger partial charge is 0.232 e. The number of para-hydroxylation sites is 1. The average molecular weight is 309 g/mol. The molecule has 3 heteroatoms. The van der Waals surface area contributed by atoms with E-state index >= 15 is 0 Å². The van der Waals surface area contributed by atoms with Crippen molar-refractivity contribution in [2.24, 2.45) is 0 Å². The van der Waals surface area contributed by atoms with E-state index in [-0.39, 0.29) is 11.8 Å². The average Bonchev–Trinajstić information content (AvgIpc) is 2.85. The molecule has 0 radical (unpaired) electrons. The molecule has 0 saturated carbocycles. The summed E-state index contributed by atoms with van der Waals surface area (Å²) in [7, 11) is 0. The minimum atomic E-state index is -0.138. The van der Waals surface area contributed by atoms with Crippen molar-refractivity contribution in [3.05, 3.63) is 59.2 Å². The fraction of sp³-hybridized carbons (Fsp3) is 0.350. The summed E-state index contributed by atoms with van der Waals surface area (Å²) in [5, 5.41) is 2.99. The Hall–Kier alpha value is -2.29. The molecule has 120 valence electrons. The SMILES string of the molecule is CCCCOc1ccccc1C[C@H]1C(=O)Nc2ccc(C)cc21. The number of carbonyl (C=O) groups excluding carboxylic acids is 1. The number of fused-ring (bicyclic) bond motifs is 1. The minimum Gasteiger partial charge on any atom is -0.493 e. The lowest BCUT2D eigenvalue weighted by Crippen LogP contribution is -2.15. The molecule has 3 nitrogen and oxygen atoms in total. The van der Waals surface area contributed by atoms with Crippen molar-refractivity contribution in [3.8, 4) is 5.75 Å². The van der Waals surface area contributed by atoms with Gasteiger partial charge in [0.1, 0.15) is 5.75 Å². The second-order valence-corrected chi connectivity index (χ2v) is 6.15. The molecule has 1 aliphatic rings. The molecule has 0 bridgehead atoms. The van der Waals surface area contributed by atoms with Gasteiger partial charge in [-0.05, 0) is 43.0 Å². The van der Waals surface area contributed by atoms with Crippen LogP contribution < -0.4 is 10.1 Å². The number of rotatable bonds is 6. The van der Waals surface area contributed by atoms with Crippen LogP contribution in [0.2, 0.25) is 0 Å². The summed E-state index contributed by atoms with van der Waals surface area (Å²) >= 11 is 0. The Morgan fingerprint density at radius 2 is 2.00 bits per heavy atom. The lowest BCUT2D eigenvalue weighted by molar-refractivity contribution is -0.117. The van der Waals surface area contributed by atoms with Gasteiger partial charge >= 0.3 is 0 Å². The fourth-order valence-electron chi connectivity index (χ4n) is 3.01. The Morgan fingerprint density at radius 3 is 2.83 bits per heavy atom. The van der Waals surface area contributed by atoms with Gasteiger partial charge in [-0.15, -0.1) is 0 Å². The highest BCUT2D eigenvalue weighted by Gasteiger charge is 2.31. The number of hydrogen-bond acceptors (Lipinski definition) is 2. The zero-order valence-corrected chi connectivity index (χ0v) is 13.8. The molecular formula is C20H23NO2. The van der Waals surface area contributed by atoms with E-state index in [0.29, 0.717) is 6.42 Å². The quantitative estimate of drug-likeness (QED) is 0.800. The summed E-state index contributed by atoms with van der Waals surface area (Å²) in [6.07, 6.45) is 2.82. The molecule has 3 rings (SSSR count). The number of ether oxygens (including phenoxy) is 1. The lowest BCUT2D eigenvalue weighted by Gasteiger charge is -2.14. The number of carbonyl (C=O) groups is 1. The number of nitrogens with one attached hydrogen (secondary N) is 1. The van der Waals surface area contributed by atoms with Gasteiger partial charge in [0.05, 0.1) is 12.5 Å². The molecule has 2 aromatic rings. The largest absolute Gasteiger partial charge is 0.493 e. The molecule has 1 aliphatic heterocycles. The van der Waals surface area contributed by atoms with Gasteiger partial charge in [-0.25, -0.2) is 0 Å². The summed E-state index contributed by atoms with van der Waals surface area (Å²) in [4.78, 5) is 12.4. The highest BCUT2D eigenvalue weighted by Crippen LogP contribution is 2.36. The maximum absolute atomic E-state index is 12.4. The van der Waals surface area contributed by atoms with E-state index in [4.69, 9.17) is 4.74 Å². The number of anilines is 1. The molecule has 0 spiro atoms. The summed E-state index contributed by atoms with van der Waals surface area (Å²) < 4.78 is 5.90. The molecule has 0 fully saturated rings. The first-order chi connectivity index (χ1) is 11.2. The van der Waals surface area contributed by atoms with Crippen LogP contribution in [0.4, 0.5) is 5.69 Å². The number of aryl methyl sites for hydroxylation is 1. The van der Waals surface area contributed by atoms with E-state index in [2.05, 4.69) is 31.3 Å². The van der Waals surface area contributed by atoms with Gasteiger partial charge in [-0.3, -0.25) is 4.79 Å². The number of benzene rings is 2. The van der Waals surface area contributed by atoms with E-state index in [9.17, 15) is 4.79 Å². The zero-order chi connectivity index (χ0) is 16.2. The summed E-state index contributed by atoms with van der Waals surface area (Å²) in [6, 6.07) is 14.2. The molecule has 1 heterocycles. The third-order valence-corrected chi connectivity index (χ3v) is 4.31. The van der Waals surface area contributed by atoms with E-state index in [1.165, 1.54) is 5.56 Å². The first kappa shape index (κ1) is 15.6. The van der Waals surface area contributed by atoms with E-state index in [0.717, 1.165) is 42.0 Å². The van der Waals surface area contributed by atoms with Gasteiger partial charge < -0.3 is 10.1 Å². The molecule has 0 unspecified atom stereocenters. The van der Waals surface area contributed by atoms with Gasteiger partial charge in [-0.2, -0.15) is 0 Å². The van der Waals surface area contributed by atoms with Crippen LogP contribution in [0.1, 0.15) is 42.4 Å². The van der Waals surface area contributed by atoms with Crippen molar-refractivity contribution in [2.75, 3.05) is 11.9 Å². The predicted octanol–water partition coefficient (Wildman–Crippen LogP) is 4.45. The van der Waals surface area contributed by atoms with E-state index in [1.807, 2.05) is 30.3 Å². The Kier molecular flexibility index (Phi) is 4.65. The van der Waals surface area contributed by atoms with Gasteiger partial charge in [0, 0.05) is 5.69 Å². The maximum atomic E-state index is 12.4. The van der Waals surface area contributed by atoms with Crippen molar-refractivity contribution in [3.63, 3.8) is 0 Å². The molecule has 23 heavy (non-hydrogen) atoms. The fourth-order valence-corrected chi connectivity index (χ4v) is 3.01. The van der Waals surface area contributed by atoms with Gasteiger partial charge in [-0.1, -0.05) is 49.2 Å². The molecule has 2 aromatic carbocycles. The predicted molar refractivity (Wildman–Crippen MR) is 93.1 cm³/mol. The van der Waals surface area contributed by atoms with Gasteiger partial charge in [0.2, 0.25) is 5.91 Å². The first-order valence-corrected chi connectivity index (χ1v) is 8.31. The van der Waals surface area contributed by atoms with Crippen molar-refractivity contribution in [1.29, 1.82) is 0 Å². The Morgan fingerprint density at radius 1 is 1.17 bits per heavy atom. The molecule has 0 saturated heterocycles. The second-order valence-electron chi connectivity index (χ2n) is 6.15. The van der Waals surface area contributed by atoms with Crippen LogP contribution in [-0.2, 0) is 11.2 Å². The van der Waals surface area contributed by atoms with Crippen LogP contribution >= 0.6 is 0 Å². The Labute approximate surface area is 137 Å². The van der Waals surface area contributed by atoms with Crippen LogP contribution in [0.15, 0.2) is 42.5 Å². The lowest BCUT2D eigenvalue weighted by atomic mass is 9.92. The molecule has 0 aliphatic carbocycles. The number of hydrogen-bond donors (Lipinski definition) is 1. The second kappa shape index (κ2) is 6.86. The molecular weight excluding hydrogens is 286 g/mol. The van der Waals surface area contributed by atoms with E-state index in [1.54, 1.807) is 0 Å². The topological polar surface area (TPSA) is 38.3 Å². The normalized spacial score (nSPS) is 16.1. The Bertz CT molecular complexity index is 709. The minimum absolute atomic E-state index is 0.0777. The van der Waals surface area contributed by atoms with Crippen LogP contribution in [-0.4, -0.2) is 12.5 Å². The van der Waals surface area contributed by atoms with Gasteiger partial charge in [0.15, 0.2) is 0 Å².